The molecule has 2 N–H and O–H groups in total. The van der Waals surface area contributed by atoms with E-state index in [-0.39, 0.29) is 39.4 Å². The van der Waals surface area contributed by atoms with Gasteiger partial charge in [0.15, 0.2) is 0 Å². The molecule has 0 bridgehead atoms. The van der Waals surface area contributed by atoms with Gasteiger partial charge < -0.3 is 15.2 Å². The van der Waals surface area contributed by atoms with Gasteiger partial charge in [0, 0.05) is 5.54 Å². The third-order valence-corrected chi connectivity index (χ3v) is 14.6. The highest BCUT2D eigenvalue weighted by Gasteiger charge is 2.71. The standard InChI is InChI=1S/C37H55NO3/c1-24(2)26-15-20-37(38-32(40)41-23-25-11-9-8-10-12-25)22-21-35(6)27(31(26)37)13-14-29-34(5)18-17-30(39)33(3,4)28(34)16-19-36(29,35)7/h8-12,26-31,39H,1,13-23H2,2-7H3,(H,38,40)/t26-,27?,28-,29+,30?,31+,34?,35+,36?,37?/m0/s1. The molecule has 5 aliphatic rings. The lowest BCUT2D eigenvalue weighted by atomic mass is 9.32. The van der Waals surface area contributed by atoms with Crippen molar-refractivity contribution >= 4 is 6.09 Å². The van der Waals surface area contributed by atoms with E-state index in [0.717, 1.165) is 44.1 Å². The van der Waals surface area contributed by atoms with Crippen LogP contribution in [0.25, 0.3) is 0 Å². The molecule has 5 unspecified atom stereocenters. The van der Waals surface area contributed by atoms with E-state index >= 15 is 0 Å². The zero-order valence-corrected chi connectivity index (χ0v) is 26.6. The number of fused-ring (bicyclic) bond motifs is 7. The van der Waals surface area contributed by atoms with Crippen LogP contribution in [-0.4, -0.2) is 22.8 Å². The maximum atomic E-state index is 13.3. The monoisotopic (exact) mass is 561 g/mol. The first-order valence-electron chi connectivity index (χ1n) is 16.6. The Labute approximate surface area is 249 Å². The summed E-state index contributed by atoms with van der Waals surface area (Å²) in [5.41, 5.74) is 2.85. The molecule has 5 saturated carbocycles. The number of allylic oxidation sites excluding steroid dienone is 1. The summed E-state index contributed by atoms with van der Waals surface area (Å²) in [6.07, 6.45) is 10.9. The van der Waals surface area contributed by atoms with Gasteiger partial charge in [-0.1, -0.05) is 77.1 Å². The summed E-state index contributed by atoms with van der Waals surface area (Å²) in [5.74, 6) is 2.69. The molecule has 4 nitrogen and oxygen atoms in total. The van der Waals surface area contributed by atoms with Gasteiger partial charge in [0.1, 0.15) is 6.61 Å². The third kappa shape index (κ3) is 4.20. The second-order valence-corrected chi connectivity index (χ2v) is 16.4. The topological polar surface area (TPSA) is 58.6 Å². The number of hydrogen-bond donors (Lipinski definition) is 2. The Hall–Kier alpha value is -1.81. The molecule has 5 aliphatic carbocycles. The highest BCUT2D eigenvalue weighted by Crippen LogP contribution is 2.76. The predicted octanol–water partition coefficient (Wildman–Crippen LogP) is 8.68. The molecule has 0 spiro atoms. The molecular weight excluding hydrogens is 506 g/mol. The molecule has 10 atom stereocenters. The van der Waals surface area contributed by atoms with Crippen LogP contribution >= 0.6 is 0 Å². The Morgan fingerprint density at radius 2 is 1.63 bits per heavy atom. The molecule has 0 radical (unpaired) electrons. The normalized spacial score (nSPS) is 46.3. The number of benzene rings is 1. The van der Waals surface area contributed by atoms with Gasteiger partial charge in [-0.25, -0.2) is 4.79 Å². The summed E-state index contributed by atoms with van der Waals surface area (Å²) in [7, 11) is 0. The molecule has 5 fully saturated rings. The zero-order chi connectivity index (χ0) is 29.4. The number of ether oxygens (including phenoxy) is 1. The largest absolute Gasteiger partial charge is 0.445 e. The van der Waals surface area contributed by atoms with E-state index in [1.54, 1.807) is 0 Å². The lowest BCUT2D eigenvalue weighted by Gasteiger charge is -2.73. The van der Waals surface area contributed by atoms with Gasteiger partial charge in [-0.15, -0.1) is 0 Å². The van der Waals surface area contributed by atoms with E-state index in [4.69, 9.17) is 4.74 Å². The molecule has 0 aromatic heterocycles. The average Bonchev–Trinajstić information content (AvgIpc) is 3.30. The molecular formula is C37H55NO3. The molecule has 0 aliphatic heterocycles. The van der Waals surface area contributed by atoms with E-state index in [0.29, 0.717) is 36.2 Å². The molecule has 226 valence electrons. The Bertz CT molecular complexity index is 1180. The van der Waals surface area contributed by atoms with Crippen LogP contribution in [0.5, 0.6) is 0 Å². The molecule has 1 aromatic rings. The van der Waals surface area contributed by atoms with Crippen molar-refractivity contribution < 1.29 is 14.6 Å². The summed E-state index contributed by atoms with van der Waals surface area (Å²) in [4.78, 5) is 13.3. The number of carbonyl (C=O) groups is 1. The predicted molar refractivity (Wildman–Crippen MR) is 165 cm³/mol. The van der Waals surface area contributed by atoms with Crippen LogP contribution in [0.2, 0.25) is 0 Å². The van der Waals surface area contributed by atoms with Crippen molar-refractivity contribution in [1.82, 2.24) is 5.32 Å². The summed E-state index contributed by atoms with van der Waals surface area (Å²) >= 11 is 0. The lowest BCUT2D eigenvalue weighted by Crippen LogP contribution is -2.69. The van der Waals surface area contributed by atoms with Gasteiger partial charge in [-0.05, 0) is 128 Å². The Kier molecular flexibility index (Phi) is 7.04. The summed E-state index contributed by atoms with van der Waals surface area (Å²) in [5, 5.41) is 14.5. The van der Waals surface area contributed by atoms with Crippen LogP contribution < -0.4 is 5.32 Å². The van der Waals surface area contributed by atoms with Crippen LogP contribution in [0.4, 0.5) is 4.79 Å². The summed E-state index contributed by atoms with van der Waals surface area (Å²) in [6, 6.07) is 9.99. The number of rotatable bonds is 4. The first-order chi connectivity index (χ1) is 19.3. The van der Waals surface area contributed by atoms with Gasteiger partial charge in [0.25, 0.3) is 0 Å². The summed E-state index contributed by atoms with van der Waals surface area (Å²) in [6.45, 7) is 19.6. The maximum absolute atomic E-state index is 13.3. The number of aliphatic hydroxyl groups excluding tert-OH is 1. The van der Waals surface area contributed by atoms with E-state index in [2.05, 4.69) is 53.4 Å². The zero-order valence-electron chi connectivity index (χ0n) is 26.6. The van der Waals surface area contributed by atoms with Gasteiger partial charge in [0.2, 0.25) is 0 Å². The molecule has 1 amide bonds. The van der Waals surface area contributed by atoms with Gasteiger partial charge in [-0.3, -0.25) is 0 Å². The van der Waals surface area contributed by atoms with E-state index in [9.17, 15) is 9.90 Å². The number of aliphatic hydroxyl groups is 1. The number of hydrogen-bond acceptors (Lipinski definition) is 3. The number of nitrogens with one attached hydrogen (secondary N) is 1. The van der Waals surface area contributed by atoms with Crippen molar-refractivity contribution in [3.63, 3.8) is 0 Å². The highest BCUT2D eigenvalue weighted by molar-refractivity contribution is 5.68. The van der Waals surface area contributed by atoms with Crippen molar-refractivity contribution in [3.8, 4) is 0 Å². The number of alkyl carbamates (subject to hydrolysis) is 1. The Morgan fingerprint density at radius 1 is 0.902 bits per heavy atom. The SMILES string of the molecule is C=C(C)[C@@H]1CCC2(NC(=O)OCc3ccccc3)CC[C@]3(C)C(CC[C@@H]4C5(C)CCC(O)C(C)(C)[C@@H]5CCC43C)[C@@H]12. The highest BCUT2D eigenvalue weighted by atomic mass is 16.5. The smallest absolute Gasteiger partial charge is 0.407 e. The fraction of sp³-hybridized carbons (Fsp3) is 0.757. The number of amides is 1. The van der Waals surface area contributed by atoms with Gasteiger partial charge in [0.05, 0.1) is 6.10 Å². The molecule has 4 heteroatoms. The minimum Gasteiger partial charge on any atom is -0.445 e. The fourth-order valence-electron chi connectivity index (χ4n) is 12.3. The maximum Gasteiger partial charge on any atom is 0.407 e. The fourth-order valence-corrected chi connectivity index (χ4v) is 12.3. The Balaban J connectivity index is 1.29. The van der Waals surface area contributed by atoms with Crippen LogP contribution in [0.15, 0.2) is 42.5 Å². The van der Waals surface area contributed by atoms with Crippen LogP contribution in [-0.2, 0) is 11.3 Å². The average molecular weight is 562 g/mol. The quantitative estimate of drug-likeness (QED) is 0.362. The molecule has 0 saturated heterocycles. The second kappa shape index (κ2) is 9.86. The first-order valence-corrected chi connectivity index (χ1v) is 16.6. The van der Waals surface area contributed by atoms with Crippen molar-refractivity contribution in [1.29, 1.82) is 0 Å². The third-order valence-electron chi connectivity index (χ3n) is 14.6. The van der Waals surface area contributed by atoms with E-state index in [1.807, 2.05) is 30.3 Å². The van der Waals surface area contributed by atoms with Crippen LogP contribution in [0, 0.1) is 51.2 Å². The van der Waals surface area contributed by atoms with Crippen molar-refractivity contribution in [2.45, 2.75) is 124 Å². The minimum atomic E-state index is -0.263. The second-order valence-electron chi connectivity index (χ2n) is 16.4. The summed E-state index contributed by atoms with van der Waals surface area (Å²) < 4.78 is 5.80. The molecule has 1 aromatic carbocycles. The molecule has 6 rings (SSSR count). The molecule has 41 heavy (non-hydrogen) atoms. The van der Waals surface area contributed by atoms with Crippen molar-refractivity contribution in [2.24, 2.45) is 51.2 Å². The van der Waals surface area contributed by atoms with Gasteiger partial charge in [-0.2, -0.15) is 0 Å². The van der Waals surface area contributed by atoms with E-state index < -0.39 is 0 Å². The van der Waals surface area contributed by atoms with Crippen LogP contribution in [0.3, 0.4) is 0 Å². The Morgan fingerprint density at radius 3 is 2.34 bits per heavy atom. The van der Waals surface area contributed by atoms with Crippen LogP contribution in [0.1, 0.15) is 111 Å². The van der Waals surface area contributed by atoms with Crippen molar-refractivity contribution in [3.05, 3.63) is 48.0 Å². The van der Waals surface area contributed by atoms with E-state index in [1.165, 1.54) is 31.3 Å². The minimum absolute atomic E-state index is 0.0195. The lowest BCUT2D eigenvalue weighted by molar-refractivity contribution is -0.243. The van der Waals surface area contributed by atoms with Gasteiger partial charge >= 0.3 is 6.09 Å². The van der Waals surface area contributed by atoms with Crippen molar-refractivity contribution in [2.75, 3.05) is 0 Å². The molecule has 0 heterocycles. The number of carbonyl (C=O) groups excluding carboxylic acids is 1. The first kappa shape index (κ1) is 29.3.